The number of aromatic hydroxyl groups is 1. The third kappa shape index (κ3) is 6.18. The molecule has 0 aliphatic heterocycles. The van der Waals surface area contributed by atoms with Gasteiger partial charge in [-0.15, -0.1) is 0 Å². The summed E-state index contributed by atoms with van der Waals surface area (Å²) in [5.74, 6) is 0.0751. The lowest BCUT2D eigenvalue weighted by molar-refractivity contribution is -0.167. The molecule has 0 atom stereocenters. The zero-order valence-corrected chi connectivity index (χ0v) is 15.9. The van der Waals surface area contributed by atoms with E-state index in [0.717, 1.165) is 25.7 Å². The van der Waals surface area contributed by atoms with Gasteiger partial charge in [0.1, 0.15) is 24.2 Å². The molecule has 0 bridgehead atoms. The van der Waals surface area contributed by atoms with E-state index in [1.165, 1.54) is 18.7 Å². The Balaban J connectivity index is 1.92. The van der Waals surface area contributed by atoms with Crippen molar-refractivity contribution in [2.24, 2.45) is 0 Å². The molecule has 1 aromatic carbocycles. The van der Waals surface area contributed by atoms with Gasteiger partial charge >= 0.3 is 5.97 Å². The minimum Gasteiger partial charge on any atom is -0.507 e. The molecular weight excluding hydrogens is 348 g/mol. The van der Waals surface area contributed by atoms with Crippen molar-refractivity contribution in [2.45, 2.75) is 52.1 Å². The van der Waals surface area contributed by atoms with Gasteiger partial charge in [-0.05, 0) is 32.4 Å². The van der Waals surface area contributed by atoms with Crippen LogP contribution in [-0.4, -0.2) is 38.2 Å². The number of nitrogens with zero attached hydrogens (tertiary/aromatic N) is 3. The maximum atomic E-state index is 12.2. The van der Waals surface area contributed by atoms with Crippen LogP contribution in [-0.2, 0) is 9.63 Å². The van der Waals surface area contributed by atoms with Gasteiger partial charge < -0.3 is 14.7 Å². The Morgan fingerprint density at radius 2 is 1.93 bits per heavy atom. The van der Waals surface area contributed by atoms with Gasteiger partial charge in [0.2, 0.25) is 5.60 Å². The van der Waals surface area contributed by atoms with Gasteiger partial charge in [0.05, 0.1) is 5.56 Å². The number of benzene rings is 1. The Labute approximate surface area is 158 Å². The molecule has 0 saturated carbocycles. The Kier molecular flexibility index (Phi) is 7.48. The summed E-state index contributed by atoms with van der Waals surface area (Å²) < 4.78 is 5.70. The number of phenols is 1. The predicted molar refractivity (Wildman–Crippen MR) is 99.9 cm³/mol. The van der Waals surface area contributed by atoms with E-state index < -0.39 is 11.6 Å². The van der Waals surface area contributed by atoms with E-state index in [0.29, 0.717) is 23.7 Å². The number of rotatable bonds is 10. The topological polar surface area (TPSA) is 106 Å². The smallest absolute Gasteiger partial charge is 0.368 e. The van der Waals surface area contributed by atoms with E-state index in [1.54, 1.807) is 26.0 Å². The molecule has 0 spiro atoms. The zero-order valence-electron chi connectivity index (χ0n) is 15.9. The number of hydrogen-bond acceptors (Lipinski definition) is 8. The van der Waals surface area contributed by atoms with E-state index in [-0.39, 0.29) is 5.75 Å². The molecule has 2 N–H and O–H groups in total. The molecule has 146 valence electrons. The highest BCUT2D eigenvalue weighted by Crippen LogP contribution is 2.31. The van der Waals surface area contributed by atoms with Crippen molar-refractivity contribution in [3.05, 3.63) is 30.9 Å². The molecule has 2 aromatic rings. The fourth-order valence-electron chi connectivity index (χ4n) is 2.34. The average molecular weight is 374 g/mol. The molecule has 2 rings (SSSR count). The van der Waals surface area contributed by atoms with Gasteiger partial charge in [-0.2, -0.15) is 5.48 Å². The lowest BCUT2D eigenvalue weighted by atomic mass is 10.1. The Bertz CT molecular complexity index is 738. The van der Waals surface area contributed by atoms with Crippen molar-refractivity contribution in [1.29, 1.82) is 0 Å². The van der Waals surface area contributed by atoms with Crippen LogP contribution in [0.4, 0.5) is 0 Å². The number of carbonyl (C=O) groups excluding carboxylic acids is 1. The van der Waals surface area contributed by atoms with Crippen molar-refractivity contribution in [3.8, 4) is 22.9 Å². The first kappa shape index (κ1) is 20.6. The lowest BCUT2D eigenvalue weighted by Gasteiger charge is -2.24. The van der Waals surface area contributed by atoms with Crippen LogP contribution in [0, 0.1) is 0 Å². The predicted octanol–water partition coefficient (Wildman–Crippen LogP) is 3.03. The van der Waals surface area contributed by atoms with Crippen molar-refractivity contribution in [2.75, 3.05) is 6.54 Å². The minimum absolute atomic E-state index is 0.0584. The summed E-state index contributed by atoms with van der Waals surface area (Å²) in [4.78, 5) is 29.1. The summed E-state index contributed by atoms with van der Waals surface area (Å²) in [5.41, 5.74) is 1.90. The highest BCUT2D eigenvalue weighted by molar-refractivity contribution is 5.79. The van der Waals surface area contributed by atoms with E-state index in [2.05, 4.69) is 27.4 Å². The second-order valence-corrected chi connectivity index (χ2v) is 6.60. The molecule has 0 radical (unpaired) electrons. The molecule has 1 aromatic heterocycles. The summed E-state index contributed by atoms with van der Waals surface area (Å²) in [7, 11) is 0. The van der Waals surface area contributed by atoms with Gasteiger partial charge in [0, 0.05) is 12.6 Å². The summed E-state index contributed by atoms with van der Waals surface area (Å²) in [5, 5.41) is 10.2. The number of nitrogens with one attached hydrogen (secondary N) is 1. The number of aromatic nitrogens is 3. The number of ether oxygens (including phenoxy) is 1. The number of phenolic OH excluding ortho intramolecular Hbond substituents is 1. The molecular formula is C19H26N4O4. The van der Waals surface area contributed by atoms with E-state index in [9.17, 15) is 9.90 Å². The highest BCUT2D eigenvalue weighted by Gasteiger charge is 2.32. The van der Waals surface area contributed by atoms with Crippen LogP contribution in [0.2, 0.25) is 0 Å². The zero-order chi connectivity index (χ0) is 19.7. The van der Waals surface area contributed by atoms with Gasteiger partial charge in [0.25, 0.3) is 0 Å². The first-order valence-corrected chi connectivity index (χ1v) is 9.02. The molecule has 8 nitrogen and oxygen atoms in total. The van der Waals surface area contributed by atoms with Crippen LogP contribution in [0.25, 0.3) is 11.4 Å². The van der Waals surface area contributed by atoms with Crippen LogP contribution < -0.4 is 10.2 Å². The molecule has 27 heavy (non-hydrogen) atoms. The van der Waals surface area contributed by atoms with Crippen LogP contribution in [0.15, 0.2) is 30.9 Å². The van der Waals surface area contributed by atoms with Crippen molar-refractivity contribution >= 4 is 5.97 Å². The van der Waals surface area contributed by atoms with Crippen LogP contribution in [0.5, 0.6) is 11.5 Å². The van der Waals surface area contributed by atoms with E-state index in [1.807, 2.05) is 0 Å². The summed E-state index contributed by atoms with van der Waals surface area (Å²) >= 11 is 0. The Morgan fingerprint density at radius 3 is 2.59 bits per heavy atom. The lowest BCUT2D eigenvalue weighted by Crippen LogP contribution is -2.42. The standard InChI is InChI=1S/C19H26N4O4/c1-4-5-6-7-10-23-27-18(25)19(2,3)26-14-8-9-15(16(24)11-14)17-21-12-20-13-22-17/h8-9,11-13,23-24H,4-7,10H2,1-3H3. The van der Waals surface area contributed by atoms with E-state index >= 15 is 0 Å². The summed E-state index contributed by atoms with van der Waals surface area (Å²) in [6, 6.07) is 4.66. The molecule has 0 fully saturated rings. The van der Waals surface area contributed by atoms with Gasteiger partial charge in [0.15, 0.2) is 5.82 Å². The minimum atomic E-state index is -1.22. The van der Waals surface area contributed by atoms with Crippen molar-refractivity contribution in [1.82, 2.24) is 20.4 Å². The first-order chi connectivity index (χ1) is 12.9. The maximum absolute atomic E-state index is 12.2. The van der Waals surface area contributed by atoms with Crippen molar-refractivity contribution in [3.63, 3.8) is 0 Å². The molecule has 0 amide bonds. The van der Waals surface area contributed by atoms with Gasteiger partial charge in [-0.3, -0.25) is 0 Å². The highest BCUT2D eigenvalue weighted by atomic mass is 16.7. The Hall–Kier alpha value is -2.74. The average Bonchev–Trinajstić information content (AvgIpc) is 2.65. The number of carbonyl (C=O) groups is 1. The third-order valence-corrected chi connectivity index (χ3v) is 3.87. The van der Waals surface area contributed by atoms with Gasteiger partial charge in [-0.1, -0.05) is 26.2 Å². The summed E-state index contributed by atoms with van der Waals surface area (Å²) in [6.07, 6.45) is 7.04. The second kappa shape index (κ2) is 9.82. The first-order valence-electron chi connectivity index (χ1n) is 9.02. The summed E-state index contributed by atoms with van der Waals surface area (Å²) in [6.45, 7) is 5.95. The molecule has 8 heteroatoms. The van der Waals surface area contributed by atoms with E-state index in [4.69, 9.17) is 9.57 Å². The molecule has 0 unspecified atom stereocenters. The SMILES string of the molecule is CCCCCCNOC(=O)C(C)(C)Oc1ccc(-c2ncncn2)c(O)c1. The van der Waals surface area contributed by atoms with Crippen LogP contribution in [0.3, 0.4) is 0 Å². The largest absolute Gasteiger partial charge is 0.507 e. The number of hydroxylamine groups is 1. The van der Waals surface area contributed by atoms with Crippen LogP contribution >= 0.6 is 0 Å². The quantitative estimate of drug-likeness (QED) is 0.483. The van der Waals surface area contributed by atoms with Crippen molar-refractivity contribution < 1.29 is 19.5 Å². The van der Waals surface area contributed by atoms with Gasteiger partial charge in [-0.25, -0.2) is 19.7 Å². The normalized spacial score (nSPS) is 11.2. The number of hydrogen-bond donors (Lipinski definition) is 2. The van der Waals surface area contributed by atoms with Crippen LogP contribution in [0.1, 0.15) is 46.5 Å². The second-order valence-electron chi connectivity index (χ2n) is 6.60. The third-order valence-electron chi connectivity index (χ3n) is 3.87. The molecule has 1 heterocycles. The number of unbranched alkanes of at least 4 members (excludes halogenated alkanes) is 3. The maximum Gasteiger partial charge on any atom is 0.368 e. The molecule has 0 saturated heterocycles. The molecule has 0 aliphatic carbocycles. The fourth-order valence-corrected chi connectivity index (χ4v) is 2.34. The Morgan fingerprint density at radius 1 is 1.19 bits per heavy atom. The monoisotopic (exact) mass is 374 g/mol. The molecule has 0 aliphatic rings. The fraction of sp³-hybridized carbons (Fsp3) is 0.474.